The summed E-state index contributed by atoms with van der Waals surface area (Å²) >= 11 is 0.956. The van der Waals surface area contributed by atoms with Crippen molar-refractivity contribution in [1.82, 2.24) is 13.5 Å². The van der Waals surface area contributed by atoms with Crippen LogP contribution in [0.2, 0.25) is 0 Å². The standard InChI is InChI=1S/C9H9N3O4S/c1-11-7(15)6-4(3-5(13)14)10-17-8(6)12(2)9(11)16/h3H2,1-2H3,(H,13,14). The van der Waals surface area contributed by atoms with Crippen LogP contribution in [0.3, 0.4) is 0 Å². The number of aryl methyl sites for hydroxylation is 1. The molecule has 17 heavy (non-hydrogen) atoms. The van der Waals surface area contributed by atoms with Gasteiger partial charge in [0, 0.05) is 14.1 Å². The van der Waals surface area contributed by atoms with E-state index >= 15 is 0 Å². The molecule has 0 spiro atoms. The Morgan fingerprint density at radius 3 is 2.59 bits per heavy atom. The summed E-state index contributed by atoms with van der Waals surface area (Å²) in [7, 11) is 2.87. The van der Waals surface area contributed by atoms with Crippen LogP contribution in [-0.4, -0.2) is 24.6 Å². The molecule has 0 aromatic carbocycles. The number of hydrogen-bond acceptors (Lipinski definition) is 5. The van der Waals surface area contributed by atoms with Crippen LogP contribution in [0.5, 0.6) is 0 Å². The molecular weight excluding hydrogens is 246 g/mol. The molecule has 0 aliphatic rings. The summed E-state index contributed by atoms with van der Waals surface area (Å²) in [5.74, 6) is -1.06. The van der Waals surface area contributed by atoms with Crippen molar-refractivity contribution in [2.45, 2.75) is 6.42 Å². The number of carboxylic acid groups (broad SMARTS) is 1. The molecule has 0 unspecified atom stereocenters. The van der Waals surface area contributed by atoms with Gasteiger partial charge in [0.1, 0.15) is 4.83 Å². The topological polar surface area (TPSA) is 94.2 Å². The fourth-order valence-electron chi connectivity index (χ4n) is 1.59. The zero-order valence-electron chi connectivity index (χ0n) is 9.13. The van der Waals surface area contributed by atoms with Crippen LogP contribution >= 0.6 is 11.5 Å². The van der Waals surface area contributed by atoms with E-state index in [0.29, 0.717) is 4.83 Å². The minimum absolute atomic E-state index is 0.203. The van der Waals surface area contributed by atoms with E-state index in [2.05, 4.69) is 4.37 Å². The summed E-state index contributed by atoms with van der Waals surface area (Å²) in [5, 5.41) is 8.93. The zero-order chi connectivity index (χ0) is 12.7. The maximum Gasteiger partial charge on any atom is 0.331 e. The van der Waals surface area contributed by atoms with Gasteiger partial charge in [0.15, 0.2) is 0 Å². The summed E-state index contributed by atoms with van der Waals surface area (Å²) in [5.41, 5.74) is -0.755. The zero-order valence-corrected chi connectivity index (χ0v) is 9.95. The van der Waals surface area contributed by atoms with Gasteiger partial charge in [0.05, 0.1) is 17.5 Å². The number of hydrogen-bond donors (Lipinski definition) is 1. The molecule has 2 aromatic heterocycles. The quantitative estimate of drug-likeness (QED) is 0.767. The maximum atomic E-state index is 11.9. The monoisotopic (exact) mass is 255 g/mol. The van der Waals surface area contributed by atoms with E-state index in [-0.39, 0.29) is 17.5 Å². The van der Waals surface area contributed by atoms with Crippen molar-refractivity contribution in [1.29, 1.82) is 0 Å². The van der Waals surface area contributed by atoms with E-state index in [4.69, 9.17) is 5.11 Å². The molecular formula is C9H9N3O4S. The third kappa shape index (κ3) is 1.66. The fraction of sp³-hybridized carbons (Fsp3) is 0.333. The van der Waals surface area contributed by atoms with Crippen LogP contribution < -0.4 is 11.2 Å². The second-order valence-corrected chi connectivity index (χ2v) is 4.34. The molecule has 8 heteroatoms. The third-order valence-corrected chi connectivity index (χ3v) is 3.42. The second kappa shape index (κ2) is 3.81. The molecule has 0 saturated carbocycles. The first-order valence-corrected chi connectivity index (χ1v) is 5.47. The lowest BCUT2D eigenvalue weighted by Crippen LogP contribution is -2.36. The Bertz CT molecular complexity index is 724. The molecule has 2 rings (SSSR count). The fourth-order valence-corrected chi connectivity index (χ4v) is 2.44. The lowest BCUT2D eigenvalue weighted by molar-refractivity contribution is -0.136. The molecule has 1 N–H and O–H groups in total. The molecule has 0 aliphatic carbocycles. The van der Waals surface area contributed by atoms with Crippen LogP contribution in [0.25, 0.3) is 10.2 Å². The highest BCUT2D eigenvalue weighted by molar-refractivity contribution is 7.13. The molecule has 2 heterocycles. The summed E-state index contributed by atoms with van der Waals surface area (Å²) in [6, 6.07) is 0. The van der Waals surface area contributed by atoms with Gasteiger partial charge >= 0.3 is 11.7 Å². The van der Waals surface area contributed by atoms with E-state index in [1.807, 2.05) is 0 Å². The van der Waals surface area contributed by atoms with Gasteiger partial charge in [0.2, 0.25) is 0 Å². The van der Waals surface area contributed by atoms with Crippen molar-refractivity contribution in [3.05, 3.63) is 26.5 Å². The van der Waals surface area contributed by atoms with Crippen LogP contribution in [-0.2, 0) is 25.3 Å². The van der Waals surface area contributed by atoms with E-state index < -0.39 is 17.2 Å². The van der Waals surface area contributed by atoms with E-state index in [1.165, 1.54) is 18.7 Å². The molecule has 0 fully saturated rings. The normalized spacial score (nSPS) is 10.9. The smallest absolute Gasteiger partial charge is 0.331 e. The van der Waals surface area contributed by atoms with Crippen molar-refractivity contribution >= 4 is 27.7 Å². The van der Waals surface area contributed by atoms with Gasteiger partial charge in [0.25, 0.3) is 5.56 Å². The molecule has 0 bridgehead atoms. The number of aromatic nitrogens is 3. The second-order valence-electron chi connectivity index (χ2n) is 3.59. The number of rotatable bonds is 2. The Kier molecular flexibility index (Phi) is 2.58. The van der Waals surface area contributed by atoms with Crippen LogP contribution in [0.1, 0.15) is 5.69 Å². The lowest BCUT2D eigenvalue weighted by atomic mass is 10.2. The van der Waals surface area contributed by atoms with Gasteiger partial charge in [-0.05, 0) is 11.5 Å². The molecule has 0 aliphatic heterocycles. The van der Waals surface area contributed by atoms with Gasteiger partial charge < -0.3 is 5.11 Å². The average Bonchev–Trinajstić information content (AvgIpc) is 2.66. The predicted molar refractivity (Wildman–Crippen MR) is 61.4 cm³/mol. The van der Waals surface area contributed by atoms with E-state index in [0.717, 1.165) is 16.1 Å². The first kappa shape index (κ1) is 11.5. The van der Waals surface area contributed by atoms with Crippen molar-refractivity contribution in [3.8, 4) is 0 Å². The number of carbonyl (C=O) groups is 1. The molecule has 0 atom stereocenters. The van der Waals surface area contributed by atoms with Crippen LogP contribution in [0.4, 0.5) is 0 Å². The summed E-state index contributed by atoms with van der Waals surface area (Å²) in [6.07, 6.45) is -0.326. The van der Waals surface area contributed by atoms with Crippen molar-refractivity contribution in [2.24, 2.45) is 14.1 Å². The number of nitrogens with zero attached hydrogens (tertiary/aromatic N) is 3. The summed E-state index contributed by atoms with van der Waals surface area (Å²) < 4.78 is 6.17. The van der Waals surface area contributed by atoms with Gasteiger partial charge in [-0.1, -0.05) is 0 Å². The van der Waals surface area contributed by atoms with E-state index in [9.17, 15) is 14.4 Å². The van der Waals surface area contributed by atoms with Crippen LogP contribution in [0, 0.1) is 0 Å². The average molecular weight is 255 g/mol. The molecule has 90 valence electrons. The summed E-state index contributed by atoms with van der Waals surface area (Å²) in [4.78, 5) is 34.6. The SMILES string of the molecule is Cn1c(=O)c2c(CC(=O)O)nsc2n(C)c1=O. The number of aliphatic carboxylic acids is 1. The van der Waals surface area contributed by atoms with Crippen molar-refractivity contribution < 1.29 is 9.90 Å². The maximum absolute atomic E-state index is 11.9. The molecule has 7 nitrogen and oxygen atoms in total. The first-order chi connectivity index (χ1) is 7.93. The molecule has 0 saturated heterocycles. The Labute approximate surface area is 98.7 Å². The highest BCUT2D eigenvalue weighted by Gasteiger charge is 2.17. The first-order valence-electron chi connectivity index (χ1n) is 4.69. The van der Waals surface area contributed by atoms with Gasteiger partial charge in [-0.2, -0.15) is 4.37 Å². The predicted octanol–water partition coefficient (Wildman–Crippen LogP) is -0.679. The highest BCUT2D eigenvalue weighted by atomic mass is 32.1. The minimum Gasteiger partial charge on any atom is -0.481 e. The highest BCUT2D eigenvalue weighted by Crippen LogP contribution is 2.17. The molecule has 0 radical (unpaired) electrons. The van der Waals surface area contributed by atoms with Gasteiger partial charge in [-0.15, -0.1) is 0 Å². The lowest BCUT2D eigenvalue weighted by Gasteiger charge is -2.02. The Hall–Kier alpha value is -1.96. The number of carboxylic acids is 1. The Morgan fingerprint density at radius 2 is 2.00 bits per heavy atom. The largest absolute Gasteiger partial charge is 0.481 e. The van der Waals surface area contributed by atoms with Crippen LogP contribution in [0.15, 0.2) is 9.59 Å². The van der Waals surface area contributed by atoms with Crippen molar-refractivity contribution in [3.63, 3.8) is 0 Å². The summed E-state index contributed by atoms with van der Waals surface area (Å²) in [6.45, 7) is 0. The number of fused-ring (bicyclic) bond motifs is 1. The van der Waals surface area contributed by atoms with E-state index in [1.54, 1.807) is 0 Å². The van der Waals surface area contributed by atoms with Crippen molar-refractivity contribution in [2.75, 3.05) is 0 Å². The van der Waals surface area contributed by atoms with Gasteiger partial charge in [-0.3, -0.25) is 18.7 Å². The molecule has 0 amide bonds. The molecule has 2 aromatic rings. The minimum atomic E-state index is -1.06. The Morgan fingerprint density at radius 1 is 1.35 bits per heavy atom. The van der Waals surface area contributed by atoms with Gasteiger partial charge in [-0.25, -0.2) is 4.79 Å². The Balaban J connectivity index is 2.90. The third-order valence-electron chi connectivity index (χ3n) is 2.46.